The first-order chi connectivity index (χ1) is 12.8. The van der Waals surface area contributed by atoms with Gasteiger partial charge in [-0.25, -0.2) is 5.48 Å². The zero-order valence-corrected chi connectivity index (χ0v) is 17.4. The average molecular weight is 378 g/mol. The quantitative estimate of drug-likeness (QED) is 0.500. The molecule has 9 atom stereocenters. The van der Waals surface area contributed by atoms with Crippen LogP contribution in [0.3, 0.4) is 0 Å². The van der Waals surface area contributed by atoms with Gasteiger partial charge in [-0.05, 0) is 104 Å². The van der Waals surface area contributed by atoms with Crippen LogP contribution in [0.2, 0.25) is 0 Å². The van der Waals surface area contributed by atoms with Crippen molar-refractivity contribution in [3.05, 3.63) is 0 Å². The topological polar surface area (TPSA) is 69.6 Å². The monoisotopic (exact) mass is 377 g/mol. The summed E-state index contributed by atoms with van der Waals surface area (Å²) in [5.41, 5.74) is 2.62. The second-order valence-corrected chi connectivity index (χ2v) is 11.0. The SMILES string of the molecule is C[C@H](CC(=O)NO)[C@H]1CC[C@H]2[C@@H]3CC[C@@H]4C[C@H](O)CC[C@]4(C)[C@H]3CC[C@]12C. The van der Waals surface area contributed by atoms with E-state index in [1.54, 1.807) is 0 Å². The fraction of sp³-hybridized carbons (Fsp3) is 0.957. The van der Waals surface area contributed by atoms with Gasteiger partial charge in [0.05, 0.1) is 6.10 Å². The molecular weight excluding hydrogens is 338 g/mol. The minimum absolute atomic E-state index is 0.0668. The van der Waals surface area contributed by atoms with Crippen LogP contribution in [0.4, 0.5) is 0 Å². The normalized spacial score (nSPS) is 50.3. The van der Waals surface area contributed by atoms with Crippen molar-refractivity contribution in [3.8, 4) is 0 Å². The van der Waals surface area contributed by atoms with Gasteiger partial charge < -0.3 is 5.11 Å². The third kappa shape index (κ3) is 3.06. The predicted octanol–water partition coefficient (Wildman–Crippen LogP) is 4.54. The summed E-state index contributed by atoms with van der Waals surface area (Å²) < 4.78 is 0. The summed E-state index contributed by atoms with van der Waals surface area (Å²) in [6.07, 6.45) is 11.4. The molecule has 0 bridgehead atoms. The van der Waals surface area contributed by atoms with E-state index in [1.807, 2.05) is 5.48 Å². The number of aliphatic hydroxyl groups is 1. The van der Waals surface area contributed by atoms with Gasteiger partial charge in [-0.15, -0.1) is 0 Å². The Morgan fingerprint density at radius 3 is 2.48 bits per heavy atom. The van der Waals surface area contributed by atoms with Crippen LogP contribution >= 0.6 is 0 Å². The number of hydrogen-bond donors (Lipinski definition) is 3. The molecule has 0 radical (unpaired) electrons. The molecule has 0 spiro atoms. The van der Waals surface area contributed by atoms with Crippen molar-refractivity contribution in [1.82, 2.24) is 5.48 Å². The number of nitrogens with one attached hydrogen (secondary N) is 1. The summed E-state index contributed by atoms with van der Waals surface area (Å²) in [5.74, 6) is 3.87. The van der Waals surface area contributed by atoms with Crippen LogP contribution in [-0.2, 0) is 4.79 Å². The molecule has 154 valence electrons. The van der Waals surface area contributed by atoms with Gasteiger partial charge in [-0.1, -0.05) is 20.8 Å². The molecule has 4 fully saturated rings. The van der Waals surface area contributed by atoms with Crippen molar-refractivity contribution in [2.45, 2.75) is 91.1 Å². The Labute approximate surface area is 164 Å². The number of aliphatic hydroxyl groups excluding tert-OH is 1. The van der Waals surface area contributed by atoms with Crippen molar-refractivity contribution < 1.29 is 15.1 Å². The molecule has 0 aromatic carbocycles. The average Bonchev–Trinajstić information content (AvgIpc) is 2.99. The van der Waals surface area contributed by atoms with Gasteiger partial charge in [0.1, 0.15) is 0 Å². The lowest BCUT2D eigenvalue weighted by Crippen LogP contribution is -2.54. The summed E-state index contributed by atoms with van der Waals surface area (Å²) in [4.78, 5) is 11.7. The standard InChI is InChI=1S/C23H39NO3/c1-14(12-21(26)24-27)18-6-7-19-17-5-4-15-13-16(25)8-10-22(15,2)20(17)9-11-23(18,19)3/h14-20,25,27H,4-13H2,1-3H3,(H,24,26)/t14-,15-,16-,17+,18-,19+,20+,22+,23-/m1/s1. The van der Waals surface area contributed by atoms with Crippen LogP contribution in [0.5, 0.6) is 0 Å². The lowest BCUT2D eigenvalue weighted by Gasteiger charge is -2.61. The molecule has 0 saturated heterocycles. The molecule has 4 aliphatic rings. The maximum Gasteiger partial charge on any atom is 0.243 e. The number of hydrogen-bond acceptors (Lipinski definition) is 3. The van der Waals surface area contributed by atoms with Crippen LogP contribution < -0.4 is 5.48 Å². The van der Waals surface area contributed by atoms with Gasteiger partial charge in [0.2, 0.25) is 5.91 Å². The summed E-state index contributed by atoms with van der Waals surface area (Å²) in [6, 6.07) is 0. The van der Waals surface area contributed by atoms with Crippen LogP contribution in [0.25, 0.3) is 0 Å². The van der Waals surface area contributed by atoms with E-state index in [-0.39, 0.29) is 12.0 Å². The van der Waals surface area contributed by atoms with Gasteiger partial charge in [-0.2, -0.15) is 0 Å². The Balaban J connectivity index is 1.53. The molecule has 0 aromatic heterocycles. The van der Waals surface area contributed by atoms with Crippen LogP contribution in [-0.4, -0.2) is 22.3 Å². The fourth-order valence-electron chi connectivity index (χ4n) is 8.69. The number of amides is 1. The van der Waals surface area contributed by atoms with Crippen LogP contribution in [0, 0.1) is 46.3 Å². The van der Waals surface area contributed by atoms with E-state index in [1.165, 1.54) is 44.9 Å². The maximum atomic E-state index is 11.7. The molecule has 1 amide bonds. The fourth-order valence-corrected chi connectivity index (χ4v) is 8.69. The van der Waals surface area contributed by atoms with Gasteiger partial charge in [0, 0.05) is 6.42 Å². The van der Waals surface area contributed by atoms with E-state index in [0.717, 1.165) is 36.5 Å². The number of fused-ring (bicyclic) bond motifs is 5. The molecule has 4 aliphatic carbocycles. The van der Waals surface area contributed by atoms with E-state index in [9.17, 15) is 9.90 Å². The molecule has 0 aliphatic heterocycles. The molecule has 27 heavy (non-hydrogen) atoms. The Bertz CT molecular complexity index is 580. The van der Waals surface area contributed by atoms with E-state index >= 15 is 0 Å². The lowest BCUT2D eigenvalue weighted by molar-refractivity contribution is -0.135. The van der Waals surface area contributed by atoms with Crippen molar-refractivity contribution in [3.63, 3.8) is 0 Å². The summed E-state index contributed by atoms with van der Waals surface area (Å²) in [7, 11) is 0. The summed E-state index contributed by atoms with van der Waals surface area (Å²) >= 11 is 0. The highest BCUT2D eigenvalue weighted by Crippen LogP contribution is 2.68. The number of rotatable bonds is 3. The largest absolute Gasteiger partial charge is 0.393 e. The molecule has 0 aromatic rings. The third-order valence-electron chi connectivity index (χ3n) is 10.0. The van der Waals surface area contributed by atoms with E-state index < -0.39 is 0 Å². The van der Waals surface area contributed by atoms with E-state index in [2.05, 4.69) is 20.8 Å². The van der Waals surface area contributed by atoms with Gasteiger partial charge >= 0.3 is 0 Å². The molecule has 0 unspecified atom stereocenters. The minimum atomic E-state index is -0.239. The highest BCUT2D eigenvalue weighted by atomic mass is 16.5. The van der Waals surface area contributed by atoms with Crippen molar-refractivity contribution >= 4 is 5.91 Å². The third-order valence-corrected chi connectivity index (χ3v) is 10.0. The highest BCUT2D eigenvalue weighted by molar-refractivity contribution is 5.74. The summed E-state index contributed by atoms with van der Waals surface area (Å²) in [6.45, 7) is 7.27. The lowest BCUT2D eigenvalue weighted by atomic mass is 9.44. The molecule has 4 heteroatoms. The Morgan fingerprint density at radius 1 is 1.04 bits per heavy atom. The van der Waals surface area contributed by atoms with Crippen LogP contribution in [0.15, 0.2) is 0 Å². The molecule has 4 rings (SSSR count). The second-order valence-electron chi connectivity index (χ2n) is 11.0. The van der Waals surface area contributed by atoms with E-state index in [0.29, 0.717) is 29.1 Å². The first kappa shape index (κ1) is 19.7. The predicted molar refractivity (Wildman–Crippen MR) is 105 cm³/mol. The van der Waals surface area contributed by atoms with Gasteiger partial charge in [0.25, 0.3) is 0 Å². The molecule has 4 saturated carbocycles. The summed E-state index contributed by atoms with van der Waals surface area (Å²) in [5, 5.41) is 19.1. The van der Waals surface area contributed by atoms with Gasteiger partial charge in [0.15, 0.2) is 0 Å². The first-order valence-corrected chi connectivity index (χ1v) is 11.4. The highest BCUT2D eigenvalue weighted by Gasteiger charge is 2.60. The number of carbonyl (C=O) groups is 1. The first-order valence-electron chi connectivity index (χ1n) is 11.4. The number of carbonyl (C=O) groups excluding carboxylic acids is 1. The van der Waals surface area contributed by atoms with Crippen LogP contribution in [0.1, 0.15) is 85.0 Å². The molecular formula is C23H39NO3. The van der Waals surface area contributed by atoms with Crippen molar-refractivity contribution in [2.24, 2.45) is 46.3 Å². The minimum Gasteiger partial charge on any atom is -0.393 e. The molecule has 4 nitrogen and oxygen atoms in total. The molecule has 3 N–H and O–H groups in total. The zero-order valence-electron chi connectivity index (χ0n) is 17.4. The van der Waals surface area contributed by atoms with E-state index in [4.69, 9.17) is 5.21 Å². The maximum absolute atomic E-state index is 11.7. The van der Waals surface area contributed by atoms with Crippen molar-refractivity contribution in [1.29, 1.82) is 0 Å². The number of hydroxylamine groups is 1. The van der Waals surface area contributed by atoms with Crippen molar-refractivity contribution in [2.75, 3.05) is 0 Å². The second kappa shape index (κ2) is 7.02. The Hall–Kier alpha value is -0.610. The molecule has 0 heterocycles. The van der Waals surface area contributed by atoms with Gasteiger partial charge in [-0.3, -0.25) is 10.0 Å². The smallest absolute Gasteiger partial charge is 0.243 e. The zero-order chi connectivity index (χ0) is 19.4. The Morgan fingerprint density at radius 2 is 1.74 bits per heavy atom. The Kier molecular flexibility index (Phi) is 5.12.